The molecule has 0 unspecified atom stereocenters. The normalized spacial score (nSPS) is 10.4. The van der Waals surface area contributed by atoms with E-state index < -0.39 is 23.0 Å². The Bertz CT molecular complexity index is 661. The number of hydrogen-bond donors (Lipinski definition) is 0. The van der Waals surface area contributed by atoms with Gasteiger partial charge in [0.15, 0.2) is 5.78 Å². The van der Waals surface area contributed by atoms with E-state index in [0.29, 0.717) is 3.57 Å². The lowest BCUT2D eigenvalue weighted by Gasteiger charge is -2.09. The summed E-state index contributed by atoms with van der Waals surface area (Å²) in [5.41, 5.74) is 0.605. The molecule has 0 aliphatic heterocycles. The van der Waals surface area contributed by atoms with E-state index in [-0.39, 0.29) is 11.3 Å². The van der Waals surface area contributed by atoms with Gasteiger partial charge < -0.3 is 4.74 Å². The molecule has 5 heteroatoms. The van der Waals surface area contributed by atoms with Crippen LogP contribution in [0.15, 0.2) is 30.3 Å². The first kappa shape index (κ1) is 14.9. The number of ketones is 1. The van der Waals surface area contributed by atoms with Crippen LogP contribution in [-0.4, -0.2) is 12.9 Å². The Morgan fingerprint density at radius 3 is 2.35 bits per heavy atom. The lowest BCUT2D eigenvalue weighted by molar-refractivity contribution is 0.103. The van der Waals surface area contributed by atoms with Crippen LogP contribution in [0.25, 0.3) is 0 Å². The van der Waals surface area contributed by atoms with Gasteiger partial charge in [-0.15, -0.1) is 0 Å². The highest BCUT2D eigenvalue weighted by Gasteiger charge is 2.22. The molecule has 2 rings (SSSR count). The molecule has 0 saturated heterocycles. The van der Waals surface area contributed by atoms with E-state index in [2.05, 4.69) is 0 Å². The molecular formula is C15H11F2IO2. The van der Waals surface area contributed by atoms with Crippen molar-refractivity contribution in [2.24, 2.45) is 0 Å². The van der Waals surface area contributed by atoms with Gasteiger partial charge in [-0.1, -0.05) is 12.1 Å². The molecule has 0 radical (unpaired) electrons. The molecule has 0 saturated carbocycles. The molecule has 104 valence electrons. The summed E-state index contributed by atoms with van der Waals surface area (Å²) >= 11 is 1.99. The van der Waals surface area contributed by atoms with Gasteiger partial charge in [-0.3, -0.25) is 4.79 Å². The highest BCUT2D eigenvalue weighted by molar-refractivity contribution is 14.1. The van der Waals surface area contributed by atoms with Crippen LogP contribution >= 0.6 is 22.6 Å². The molecule has 0 fully saturated rings. The molecule has 2 nitrogen and oxygen atoms in total. The van der Waals surface area contributed by atoms with Crippen molar-refractivity contribution in [2.45, 2.75) is 6.92 Å². The first-order valence-corrected chi connectivity index (χ1v) is 6.86. The van der Waals surface area contributed by atoms with Crippen LogP contribution in [0.2, 0.25) is 0 Å². The van der Waals surface area contributed by atoms with Crippen molar-refractivity contribution >= 4 is 28.4 Å². The third-order valence-corrected chi connectivity index (χ3v) is 4.35. The van der Waals surface area contributed by atoms with Crippen molar-refractivity contribution in [3.63, 3.8) is 0 Å². The van der Waals surface area contributed by atoms with E-state index in [1.54, 1.807) is 12.1 Å². The minimum atomic E-state index is -0.927. The van der Waals surface area contributed by atoms with Crippen LogP contribution < -0.4 is 4.74 Å². The lowest BCUT2D eigenvalue weighted by atomic mass is 10.0. The predicted octanol–water partition coefficient (Wildman–Crippen LogP) is 4.12. The number of carbonyl (C=O) groups is 1. The number of carbonyl (C=O) groups excluding carboxylic acids is 1. The zero-order chi connectivity index (χ0) is 14.9. The number of aryl methyl sites for hydroxylation is 1. The molecule has 0 aromatic heterocycles. The largest absolute Gasteiger partial charge is 0.497 e. The average Bonchev–Trinajstić information content (AvgIpc) is 2.40. The Morgan fingerprint density at radius 1 is 1.20 bits per heavy atom. The van der Waals surface area contributed by atoms with E-state index in [0.717, 1.165) is 17.7 Å². The molecule has 2 aromatic carbocycles. The van der Waals surface area contributed by atoms with Crippen LogP contribution in [-0.2, 0) is 0 Å². The molecule has 0 aliphatic carbocycles. The Kier molecular flexibility index (Phi) is 4.37. The van der Waals surface area contributed by atoms with Gasteiger partial charge in [0.25, 0.3) is 0 Å². The summed E-state index contributed by atoms with van der Waals surface area (Å²) in [6.45, 7) is 1.83. The second kappa shape index (κ2) is 5.87. The maximum atomic E-state index is 13.9. The zero-order valence-electron chi connectivity index (χ0n) is 10.8. The van der Waals surface area contributed by atoms with Crippen molar-refractivity contribution in [1.29, 1.82) is 0 Å². The third-order valence-electron chi connectivity index (χ3n) is 2.91. The fourth-order valence-corrected chi connectivity index (χ4v) is 2.45. The van der Waals surface area contributed by atoms with Gasteiger partial charge >= 0.3 is 0 Å². The fraction of sp³-hybridized carbons (Fsp3) is 0.133. The molecule has 0 atom stereocenters. The second-order valence-corrected chi connectivity index (χ2v) is 5.31. The van der Waals surface area contributed by atoms with Crippen molar-refractivity contribution < 1.29 is 18.3 Å². The highest BCUT2D eigenvalue weighted by Crippen LogP contribution is 2.25. The monoisotopic (exact) mass is 388 g/mol. The third kappa shape index (κ3) is 2.67. The van der Waals surface area contributed by atoms with Gasteiger partial charge in [0.1, 0.15) is 17.4 Å². The summed E-state index contributed by atoms with van der Waals surface area (Å²) in [5.74, 6) is -2.49. The molecule has 20 heavy (non-hydrogen) atoms. The Hall–Kier alpha value is -1.50. The fourth-order valence-electron chi connectivity index (χ4n) is 1.84. The number of halogens is 3. The molecule has 0 spiro atoms. The van der Waals surface area contributed by atoms with Crippen LogP contribution in [0.5, 0.6) is 5.75 Å². The number of hydrogen-bond acceptors (Lipinski definition) is 2. The predicted molar refractivity (Wildman–Crippen MR) is 80.2 cm³/mol. The Morgan fingerprint density at radius 2 is 1.80 bits per heavy atom. The summed E-state index contributed by atoms with van der Waals surface area (Å²) in [6, 6.07) is 7.07. The summed E-state index contributed by atoms with van der Waals surface area (Å²) in [7, 11) is 1.30. The van der Waals surface area contributed by atoms with Gasteiger partial charge in [-0.25, -0.2) is 8.78 Å². The lowest BCUT2D eigenvalue weighted by Crippen LogP contribution is -2.10. The maximum Gasteiger partial charge on any atom is 0.200 e. The summed E-state index contributed by atoms with van der Waals surface area (Å²) in [5, 5.41) is 0. The summed E-state index contributed by atoms with van der Waals surface area (Å²) < 4.78 is 33.3. The van der Waals surface area contributed by atoms with E-state index >= 15 is 0 Å². The van der Waals surface area contributed by atoms with Crippen LogP contribution in [0.1, 0.15) is 21.5 Å². The van der Waals surface area contributed by atoms with Crippen molar-refractivity contribution in [3.05, 3.63) is 62.2 Å². The molecule has 0 heterocycles. The van der Waals surface area contributed by atoms with E-state index in [1.807, 2.05) is 35.6 Å². The van der Waals surface area contributed by atoms with Gasteiger partial charge in [0.2, 0.25) is 0 Å². The van der Waals surface area contributed by atoms with E-state index in [1.165, 1.54) is 7.11 Å². The van der Waals surface area contributed by atoms with Crippen LogP contribution in [0.3, 0.4) is 0 Å². The minimum Gasteiger partial charge on any atom is -0.497 e. The van der Waals surface area contributed by atoms with Crippen LogP contribution in [0.4, 0.5) is 8.78 Å². The first-order valence-electron chi connectivity index (χ1n) is 5.78. The molecule has 2 aromatic rings. The zero-order valence-corrected chi connectivity index (χ0v) is 13.0. The Labute approximate surface area is 128 Å². The molecule has 0 amide bonds. The number of benzene rings is 2. The maximum absolute atomic E-state index is 13.9. The molecule has 0 bridgehead atoms. The van der Waals surface area contributed by atoms with Crippen LogP contribution in [0, 0.1) is 22.1 Å². The van der Waals surface area contributed by atoms with Crippen molar-refractivity contribution in [3.8, 4) is 5.75 Å². The van der Waals surface area contributed by atoms with Crippen molar-refractivity contribution in [1.82, 2.24) is 0 Å². The number of ether oxygens (including phenoxy) is 1. The van der Waals surface area contributed by atoms with Gasteiger partial charge in [-0.05, 0) is 41.1 Å². The minimum absolute atomic E-state index is 0.0375. The average molecular weight is 388 g/mol. The highest BCUT2D eigenvalue weighted by atomic mass is 127. The van der Waals surface area contributed by atoms with Crippen molar-refractivity contribution in [2.75, 3.05) is 7.11 Å². The van der Waals surface area contributed by atoms with Gasteiger partial charge in [0.05, 0.1) is 12.7 Å². The Balaban J connectivity index is 2.57. The second-order valence-electron chi connectivity index (χ2n) is 4.23. The molecule has 0 aliphatic rings. The topological polar surface area (TPSA) is 26.3 Å². The number of rotatable bonds is 3. The molecule has 0 N–H and O–H groups in total. The smallest absolute Gasteiger partial charge is 0.200 e. The van der Waals surface area contributed by atoms with Gasteiger partial charge in [-0.2, -0.15) is 0 Å². The van der Waals surface area contributed by atoms with Gasteiger partial charge in [0, 0.05) is 21.3 Å². The SMILES string of the molecule is COc1cc(F)c(C(=O)c2cccc(C)c2I)c(F)c1. The summed E-state index contributed by atoms with van der Waals surface area (Å²) in [6.07, 6.45) is 0. The molecular weight excluding hydrogens is 377 g/mol. The number of methoxy groups -OCH3 is 1. The van der Waals surface area contributed by atoms with E-state index in [4.69, 9.17) is 4.74 Å². The first-order chi connectivity index (χ1) is 9.45. The quantitative estimate of drug-likeness (QED) is 0.584. The summed E-state index contributed by atoms with van der Waals surface area (Å²) in [4.78, 5) is 12.3. The van der Waals surface area contributed by atoms with E-state index in [9.17, 15) is 13.6 Å². The standard InChI is InChI=1S/C15H11F2IO2/c1-8-4-3-5-10(14(8)18)15(19)13-11(16)6-9(20-2)7-12(13)17/h3-7H,1-2H3.